The molecule has 4 rings (SSSR count). The molecule has 0 aliphatic heterocycles. The average Bonchev–Trinajstić information content (AvgIpc) is 3.35. The molecule has 0 saturated heterocycles. The Hall–Kier alpha value is -4.59. The first-order valence-electron chi connectivity index (χ1n) is 12.3. The second-order valence-corrected chi connectivity index (χ2v) is 8.51. The number of benzene rings is 3. The van der Waals surface area contributed by atoms with Gasteiger partial charge in [0.25, 0.3) is 0 Å². The van der Waals surface area contributed by atoms with Crippen LogP contribution in [0.4, 0.5) is 16.3 Å². The molecule has 3 amide bonds. The Morgan fingerprint density at radius 3 is 2.24 bits per heavy atom. The van der Waals surface area contributed by atoms with Gasteiger partial charge >= 0.3 is 6.03 Å². The summed E-state index contributed by atoms with van der Waals surface area (Å²) in [5.41, 5.74) is 3.09. The highest BCUT2D eigenvalue weighted by molar-refractivity contribution is 5.97. The van der Waals surface area contributed by atoms with Crippen LogP contribution in [0.2, 0.25) is 0 Å². The van der Waals surface area contributed by atoms with Crippen molar-refractivity contribution in [3.05, 3.63) is 91.0 Å². The smallest absolute Gasteiger partial charge is 0.322 e. The van der Waals surface area contributed by atoms with Gasteiger partial charge in [0, 0.05) is 23.9 Å². The Morgan fingerprint density at radius 2 is 1.59 bits per heavy atom. The fourth-order valence-corrected chi connectivity index (χ4v) is 3.82. The summed E-state index contributed by atoms with van der Waals surface area (Å²) in [7, 11) is 1.61. The summed E-state index contributed by atoms with van der Waals surface area (Å²) in [6.45, 7) is 2.43. The third-order valence-corrected chi connectivity index (χ3v) is 5.79. The molecule has 0 atom stereocenters. The van der Waals surface area contributed by atoms with E-state index in [0.29, 0.717) is 18.1 Å². The van der Waals surface area contributed by atoms with Crippen LogP contribution < -0.4 is 15.4 Å². The summed E-state index contributed by atoms with van der Waals surface area (Å²) in [6, 6.07) is 27.9. The van der Waals surface area contributed by atoms with Gasteiger partial charge in [0.15, 0.2) is 0 Å². The van der Waals surface area contributed by atoms with Crippen LogP contribution in [-0.2, 0) is 4.79 Å². The first-order chi connectivity index (χ1) is 18.1. The number of unbranched alkanes of at least 4 members (excludes halogenated alkanes) is 1. The second kappa shape index (κ2) is 12.4. The summed E-state index contributed by atoms with van der Waals surface area (Å²) in [5, 5.41) is 10.6. The summed E-state index contributed by atoms with van der Waals surface area (Å²) in [4.78, 5) is 27.7. The lowest BCUT2D eigenvalue weighted by molar-refractivity contribution is -0.116. The molecule has 3 aromatic carbocycles. The molecule has 0 aliphatic rings. The number of methoxy groups -OCH3 is 1. The maximum absolute atomic E-state index is 13.2. The van der Waals surface area contributed by atoms with E-state index in [9.17, 15) is 9.59 Å². The number of aromatic nitrogens is 2. The maximum atomic E-state index is 13.2. The van der Waals surface area contributed by atoms with Crippen LogP contribution in [0.5, 0.6) is 5.75 Å². The SMILES string of the molecule is CCCCN(CC(=O)Nc1cc(-c2ccccc2)nn1-c1ccc(OC)cc1)C(=O)Nc1ccccc1. The molecule has 1 heterocycles. The van der Waals surface area contributed by atoms with Crippen LogP contribution in [0.25, 0.3) is 16.9 Å². The van der Waals surface area contributed by atoms with Crippen molar-refractivity contribution in [2.45, 2.75) is 19.8 Å². The van der Waals surface area contributed by atoms with Crippen LogP contribution in [-0.4, -0.2) is 46.8 Å². The third-order valence-electron chi connectivity index (χ3n) is 5.79. The number of carbonyl (C=O) groups is 2. The molecular formula is C29H31N5O3. The largest absolute Gasteiger partial charge is 0.497 e. The molecule has 0 bridgehead atoms. The summed E-state index contributed by atoms with van der Waals surface area (Å²) in [6.07, 6.45) is 1.69. The van der Waals surface area contributed by atoms with E-state index in [0.717, 1.165) is 35.5 Å². The molecule has 190 valence electrons. The highest BCUT2D eigenvalue weighted by Gasteiger charge is 2.19. The predicted molar refractivity (Wildman–Crippen MR) is 146 cm³/mol. The minimum absolute atomic E-state index is 0.0901. The second-order valence-electron chi connectivity index (χ2n) is 8.51. The molecule has 0 aliphatic carbocycles. The number of amides is 3. The Bertz CT molecular complexity index is 1300. The highest BCUT2D eigenvalue weighted by atomic mass is 16.5. The number of carbonyl (C=O) groups excluding carboxylic acids is 2. The van der Waals surface area contributed by atoms with Crippen molar-refractivity contribution in [2.75, 3.05) is 30.8 Å². The summed E-state index contributed by atoms with van der Waals surface area (Å²) < 4.78 is 6.95. The van der Waals surface area contributed by atoms with Crippen molar-refractivity contribution in [1.29, 1.82) is 0 Å². The molecule has 4 aromatic rings. The van der Waals surface area contributed by atoms with Crippen molar-refractivity contribution >= 4 is 23.4 Å². The van der Waals surface area contributed by atoms with Crippen molar-refractivity contribution in [2.24, 2.45) is 0 Å². The lowest BCUT2D eigenvalue weighted by Crippen LogP contribution is -2.41. The van der Waals surface area contributed by atoms with Gasteiger partial charge in [-0.3, -0.25) is 4.79 Å². The number of nitrogens with one attached hydrogen (secondary N) is 2. The van der Waals surface area contributed by atoms with Crippen molar-refractivity contribution in [3.63, 3.8) is 0 Å². The van der Waals surface area contributed by atoms with Gasteiger partial charge < -0.3 is 20.3 Å². The molecule has 0 fully saturated rings. The van der Waals surface area contributed by atoms with E-state index in [1.807, 2.05) is 97.9 Å². The number of ether oxygens (including phenoxy) is 1. The lowest BCUT2D eigenvalue weighted by atomic mass is 10.1. The van der Waals surface area contributed by atoms with Gasteiger partial charge in [-0.15, -0.1) is 0 Å². The van der Waals surface area contributed by atoms with Crippen molar-refractivity contribution in [1.82, 2.24) is 14.7 Å². The normalized spacial score (nSPS) is 10.5. The standard InChI is InChI=1S/C29H31N5O3/c1-3-4-19-33(29(36)30-23-13-9-6-10-14-23)21-28(35)31-27-20-26(22-11-7-5-8-12-22)32-34(27)24-15-17-25(37-2)18-16-24/h5-18,20H,3-4,19,21H2,1-2H3,(H,30,36)(H,31,35). The maximum Gasteiger partial charge on any atom is 0.322 e. The van der Waals surface area contributed by atoms with Gasteiger partial charge in [-0.2, -0.15) is 5.10 Å². The summed E-state index contributed by atoms with van der Waals surface area (Å²) in [5.74, 6) is 0.919. The highest BCUT2D eigenvalue weighted by Crippen LogP contribution is 2.26. The fourth-order valence-electron chi connectivity index (χ4n) is 3.82. The van der Waals surface area contributed by atoms with Gasteiger partial charge in [0.05, 0.1) is 18.5 Å². The zero-order chi connectivity index (χ0) is 26.0. The van der Waals surface area contributed by atoms with E-state index in [-0.39, 0.29) is 18.5 Å². The van der Waals surface area contributed by atoms with E-state index >= 15 is 0 Å². The van der Waals surface area contributed by atoms with E-state index in [1.165, 1.54) is 4.90 Å². The van der Waals surface area contributed by atoms with Crippen LogP contribution in [0.1, 0.15) is 19.8 Å². The molecule has 8 heteroatoms. The lowest BCUT2D eigenvalue weighted by Gasteiger charge is -2.22. The van der Waals surface area contributed by atoms with Gasteiger partial charge in [0.2, 0.25) is 5.91 Å². The van der Waals surface area contributed by atoms with Gasteiger partial charge in [-0.05, 0) is 42.8 Å². The first-order valence-corrected chi connectivity index (χ1v) is 12.3. The van der Waals surface area contributed by atoms with Gasteiger partial charge in [-0.25, -0.2) is 9.48 Å². The fraction of sp³-hybridized carbons (Fsp3) is 0.207. The molecule has 37 heavy (non-hydrogen) atoms. The molecular weight excluding hydrogens is 466 g/mol. The zero-order valence-corrected chi connectivity index (χ0v) is 21.1. The van der Waals surface area contributed by atoms with Crippen molar-refractivity contribution < 1.29 is 14.3 Å². The number of rotatable bonds is 10. The van der Waals surface area contributed by atoms with Crippen LogP contribution in [0.15, 0.2) is 91.0 Å². The van der Waals surface area contributed by atoms with Crippen molar-refractivity contribution in [3.8, 4) is 22.7 Å². The van der Waals surface area contributed by atoms with E-state index in [4.69, 9.17) is 9.84 Å². The Balaban J connectivity index is 1.56. The minimum atomic E-state index is -0.316. The minimum Gasteiger partial charge on any atom is -0.497 e. The van der Waals surface area contributed by atoms with Gasteiger partial charge in [0.1, 0.15) is 18.1 Å². The molecule has 1 aromatic heterocycles. The van der Waals surface area contributed by atoms with Crippen LogP contribution in [0.3, 0.4) is 0 Å². The number of hydrogen-bond acceptors (Lipinski definition) is 4. The van der Waals surface area contributed by atoms with E-state index in [1.54, 1.807) is 11.8 Å². The summed E-state index contributed by atoms with van der Waals surface area (Å²) >= 11 is 0. The number of para-hydroxylation sites is 1. The zero-order valence-electron chi connectivity index (χ0n) is 21.1. The van der Waals surface area contributed by atoms with Crippen LogP contribution >= 0.6 is 0 Å². The Kier molecular flexibility index (Phi) is 8.54. The number of hydrogen-bond donors (Lipinski definition) is 2. The number of urea groups is 1. The van der Waals surface area contributed by atoms with E-state index in [2.05, 4.69) is 10.6 Å². The van der Waals surface area contributed by atoms with Gasteiger partial charge in [-0.1, -0.05) is 61.9 Å². The molecule has 0 saturated carbocycles. The predicted octanol–water partition coefficient (Wildman–Crippen LogP) is 5.82. The molecule has 0 spiro atoms. The van der Waals surface area contributed by atoms with E-state index < -0.39 is 0 Å². The molecule has 8 nitrogen and oxygen atoms in total. The number of nitrogens with zero attached hydrogens (tertiary/aromatic N) is 3. The molecule has 2 N–H and O–H groups in total. The molecule has 0 unspecified atom stereocenters. The van der Waals surface area contributed by atoms with Crippen LogP contribution in [0, 0.1) is 0 Å². The monoisotopic (exact) mass is 497 g/mol. The quantitative estimate of drug-likeness (QED) is 0.289. The molecule has 0 radical (unpaired) electrons. The Labute approximate surface area is 216 Å². The average molecular weight is 498 g/mol. The number of anilines is 2. The Morgan fingerprint density at radius 1 is 0.919 bits per heavy atom. The topological polar surface area (TPSA) is 88.5 Å². The third kappa shape index (κ3) is 6.76. The first kappa shape index (κ1) is 25.5.